The maximum absolute atomic E-state index is 13.3. The fraction of sp³-hybridized carbons (Fsp3) is 0.455. The number of halogens is 1. The van der Waals surface area contributed by atoms with Gasteiger partial charge in [-0.15, -0.1) is 0 Å². The first-order chi connectivity index (χ1) is 6.77. The van der Waals surface area contributed by atoms with E-state index in [1.807, 2.05) is 19.2 Å². The molecule has 0 heterocycles. The molecule has 1 nitrogen and oxygen atoms in total. The highest BCUT2D eigenvalue weighted by Crippen LogP contribution is 2.10. The van der Waals surface area contributed by atoms with Crippen molar-refractivity contribution in [3.05, 3.63) is 35.6 Å². The van der Waals surface area contributed by atoms with Crippen molar-refractivity contribution in [2.24, 2.45) is 0 Å². The summed E-state index contributed by atoms with van der Waals surface area (Å²) in [7, 11) is 1.92. The third kappa shape index (κ3) is 3.31. The SMILES string of the molecule is CNC(CSC)Cc1ccccc1F. The number of benzene rings is 1. The summed E-state index contributed by atoms with van der Waals surface area (Å²) in [6.45, 7) is 0. The van der Waals surface area contributed by atoms with Gasteiger partial charge in [0.25, 0.3) is 0 Å². The van der Waals surface area contributed by atoms with E-state index in [2.05, 4.69) is 11.6 Å². The minimum atomic E-state index is -0.103. The molecule has 0 aliphatic rings. The van der Waals surface area contributed by atoms with Crippen LogP contribution in [0.4, 0.5) is 4.39 Å². The summed E-state index contributed by atoms with van der Waals surface area (Å²) < 4.78 is 13.3. The van der Waals surface area contributed by atoms with Crippen molar-refractivity contribution >= 4 is 11.8 Å². The first-order valence-corrected chi connectivity index (χ1v) is 6.07. The molecule has 1 aromatic carbocycles. The van der Waals surface area contributed by atoms with E-state index in [-0.39, 0.29) is 5.82 Å². The summed E-state index contributed by atoms with van der Waals surface area (Å²) in [6, 6.07) is 7.31. The second-order valence-corrected chi connectivity index (χ2v) is 4.15. The molecule has 1 aromatic rings. The number of rotatable bonds is 5. The zero-order valence-corrected chi connectivity index (χ0v) is 9.40. The lowest BCUT2D eigenvalue weighted by molar-refractivity contribution is 0.568. The van der Waals surface area contributed by atoms with Crippen molar-refractivity contribution in [1.29, 1.82) is 0 Å². The van der Waals surface area contributed by atoms with Gasteiger partial charge in [-0.1, -0.05) is 18.2 Å². The number of likely N-dealkylation sites (N-methyl/N-ethyl adjacent to an activating group) is 1. The van der Waals surface area contributed by atoms with E-state index in [4.69, 9.17) is 0 Å². The second kappa shape index (κ2) is 6.04. The summed E-state index contributed by atoms with van der Waals surface area (Å²) in [4.78, 5) is 0. The summed E-state index contributed by atoms with van der Waals surface area (Å²) in [5, 5.41) is 3.19. The normalized spacial score (nSPS) is 12.8. The Bertz CT molecular complexity index is 278. The van der Waals surface area contributed by atoms with E-state index in [1.54, 1.807) is 17.8 Å². The summed E-state index contributed by atoms with van der Waals surface area (Å²) >= 11 is 1.77. The lowest BCUT2D eigenvalue weighted by Crippen LogP contribution is -2.30. The Kier molecular flexibility index (Phi) is 4.98. The van der Waals surface area contributed by atoms with Crippen LogP contribution in [0.2, 0.25) is 0 Å². The summed E-state index contributed by atoms with van der Waals surface area (Å²) in [5.74, 6) is 0.902. The van der Waals surface area contributed by atoms with E-state index >= 15 is 0 Å². The molecule has 0 saturated carbocycles. The Balaban J connectivity index is 2.62. The molecule has 0 radical (unpaired) electrons. The van der Waals surface area contributed by atoms with Gasteiger partial charge in [-0.05, 0) is 31.4 Å². The number of thioether (sulfide) groups is 1. The van der Waals surface area contributed by atoms with Crippen molar-refractivity contribution < 1.29 is 4.39 Å². The average molecular weight is 213 g/mol. The average Bonchev–Trinajstić information content (AvgIpc) is 2.20. The maximum atomic E-state index is 13.3. The largest absolute Gasteiger partial charge is 0.316 e. The monoisotopic (exact) mass is 213 g/mol. The molecule has 0 fully saturated rings. The van der Waals surface area contributed by atoms with Gasteiger partial charge in [-0.3, -0.25) is 0 Å². The van der Waals surface area contributed by atoms with Crippen LogP contribution in [-0.2, 0) is 6.42 Å². The van der Waals surface area contributed by atoms with Gasteiger partial charge in [-0.2, -0.15) is 11.8 Å². The molecule has 1 atom stereocenters. The van der Waals surface area contributed by atoms with Gasteiger partial charge in [0.05, 0.1) is 0 Å². The van der Waals surface area contributed by atoms with Crippen LogP contribution in [0.1, 0.15) is 5.56 Å². The Hall–Kier alpha value is -0.540. The van der Waals surface area contributed by atoms with Crippen LogP contribution in [-0.4, -0.2) is 25.1 Å². The van der Waals surface area contributed by atoms with Crippen molar-refractivity contribution in [3.63, 3.8) is 0 Å². The highest BCUT2D eigenvalue weighted by molar-refractivity contribution is 7.98. The molecular weight excluding hydrogens is 197 g/mol. The lowest BCUT2D eigenvalue weighted by atomic mass is 10.1. The molecule has 3 heteroatoms. The van der Waals surface area contributed by atoms with Gasteiger partial charge in [-0.25, -0.2) is 4.39 Å². The quantitative estimate of drug-likeness (QED) is 0.805. The molecule has 78 valence electrons. The Labute approximate surface area is 89.1 Å². The summed E-state index contributed by atoms with van der Waals surface area (Å²) in [5.41, 5.74) is 0.793. The van der Waals surface area contributed by atoms with Crippen LogP contribution in [0.25, 0.3) is 0 Å². The third-order valence-electron chi connectivity index (χ3n) is 2.20. The first-order valence-electron chi connectivity index (χ1n) is 4.67. The van der Waals surface area contributed by atoms with Gasteiger partial charge in [0.15, 0.2) is 0 Å². The van der Waals surface area contributed by atoms with Crippen molar-refractivity contribution in [3.8, 4) is 0 Å². The molecule has 14 heavy (non-hydrogen) atoms. The molecule has 1 N–H and O–H groups in total. The molecule has 0 spiro atoms. The van der Waals surface area contributed by atoms with Gasteiger partial charge in [0.1, 0.15) is 5.82 Å². The van der Waals surface area contributed by atoms with Gasteiger partial charge >= 0.3 is 0 Å². The Morgan fingerprint density at radius 2 is 2.14 bits per heavy atom. The van der Waals surface area contributed by atoms with E-state index in [0.29, 0.717) is 6.04 Å². The highest BCUT2D eigenvalue weighted by Gasteiger charge is 2.08. The van der Waals surface area contributed by atoms with E-state index in [0.717, 1.165) is 17.7 Å². The number of hydrogen-bond donors (Lipinski definition) is 1. The predicted octanol–water partition coefficient (Wildman–Crippen LogP) is 2.32. The van der Waals surface area contributed by atoms with Crippen molar-refractivity contribution in [1.82, 2.24) is 5.32 Å². The molecule has 0 aliphatic carbocycles. The third-order valence-corrected chi connectivity index (χ3v) is 2.94. The second-order valence-electron chi connectivity index (χ2n) is 3.24. The Morgan fingerprint density at radius 3 is 2.71 bits per heavy atom. The fourth-order valence-corrected chi connectivity index (χ4v) is 2.06. The van der Waals surface area contributed by atoms with Crippen LogP contribution < -0.4 is 5.32 Å². The molecule has 0 bridgehead atoms. The highest BCUT2D eigenvalue weighted by atomic mass is 32.2. The van der Waals surface area contributed by atoms with Crippen LogP contribution >= 0.6 is 11.8 Å². The molecule has 0 saturated heterocycles. The number of nitrogens with one attached hydrogen (secondary N) is 1. The fourth-order valence-electron chi connectivity index (χ4n) is 1.37. The van der Waals surface area contributed by atoms with Gasteiger partial charge < -0.3 is 5.32 Å². The molecule has 1 rings (SSSR count). The maximum Gasteiger partial charge on any atom is 0.126 e. The van der Waals surface area contributed by atoms with Gasteiger partial charge in [0.2, 0.25) is 0 Å². The smallest absolute Gasteiger partial charge is 0.126 e. The zero-order chi connectivity index (χ0) is 10.4. The minimum Gasteiger partial charge on any atom is -0.316 e. The Morgan fingerprint density at radius 1 is 1.43 bits per heavy atom. The van der Waals surface area contributed by atoms with E-state index in [9.17, 15) is 4.39 Å². The number of hydrogen-bond acceptors (Lipinski definition) is 2. The van der Waals surface area contributed by atoms with Crippen LogP contribution in [0.15, 0.2) is 24.3 Å². The topological polar surface area (TPSA) is 12.0 Å². The first kappa shape index (κ1) is 11.5. The van der Waals surface area contributed by atoms with Crippen LogP contribution in [0.5, 0.6) is 0 Å². The molecular formula is C11H16FNS. The van der Waals surface area contributed by atoms with E-state index in [1.165, 1.54) is 6.07 Å². The molecule has 0 aromatic heterocycles. The van der Waals surface area contributed by atoms with Crippen molar-refractivity contribution in [2.75, 3.05) is 19.1 Å². The van der Waals surface area contributed by atoms with Crippen LogP contribution in [0.3, 0.4) is 0 Å². The molecule has 1 unspecified atom stereocenters. The summed E-state index contributed by atoms with van der Waals surface area (Å²) in [6.07, 6.45) is 2.82. The standard InChI is InChI=1S/C11H16FNS/c1-13-10(8-14-2)7-9-5-3-4-6-11(9)12/h3-6,10,13H,7-8H2,1-2H3. The lowest BCUT2D eigenvalue weighted by Gasteiger charge is -2.14. The van der Waals surface area contributed by atoms with Crippen LogP contribution in [0, 0.1) is 5.82 Å². The van der Waals surface area contributed by atoms with E-state index < -0.39 is 0 Å². The zero-order valence-electron chi connectivity index (χ0n) is 8.59. The van der Waals surface area contributed by atoms with Crippen molar-refractivity contribution in [2.45, 2.75) is 12.5 Å². The van der Waals surface area contributed by atoms with Gasteiger partial charge in [0, 0.05) is 11.8 Å². The molecule has 0 amide bonds. The predicted molar refractivity (Wildman–Crippen MR) is 61.3 cm³/mol. The minimum absolute atomic E-state index is 0.103. The molecule has 0 aliphatic heterocycles.